The standard InChI is InChI=1S/C19H21FN2OS/c20-17-4-2-1-3-14(17)5-6-19(23)22-12-16(13-22)21-9-7-18-15(11-21)8-10-24-18/h1-4,8,10,16H,5-7,9,11-13H2. The zero-order valence-electron chi connectivity index (χ0n) is 13.6. The lowest BCUT2D eigenvalue weighted by Crippen LogP contribution is -2.61. The number of aryl methyl sites for hydroxylation is 1. The van der Waals surface area contributed by atoms with Gasteiger partial charge in [0.15, 0.2) is 0 Å². The summed E-state index contributed by atoms with van der Waals surface area (Å²) >= 11 is 1.85. The number of likely N-dealkylation sites (tertiary alicyclic amines) is 1. The minimum absolute atomic E-state index is 0.141. The van der Waals surface area contributed by atoms with E-state index in [-0.39, 0.29) is 11.7 Å². The van der Waals surface area contributed by atoms with Gasteiger partial charge in [-0.1, -0.05) is 18.2 Å². The number of carbonyl (C=O) groups is 1. The zero-order valence-corrected chi connectivity index (χ0v) is 14.4. The van der Waals surface area contributed by atoms with E-state index in [1.54, 1.807) is 12.1 Å². The number of fused-ring (bicyclic) bond motifs is 1. The smallest absolute Gasteiger partial charge is 0.223 e. The van der Waals surface area contributed by atoms with Crippen molar-refractivity contribution < 1.29 is 9.18 Å². The molecule has 2 aromatic rings. The Morgan fingerprint density at radius 1 is 1.25 bits per heavy atom. The Hall–Kier alpha value is -1.72. The Bertz CT molecular complexity index is 738. The van der Waals surface area contributed by atoms with Gasteiger partial charge in [0.25, 0.3) is 0 Å². The van der Waals surface area contributed by atoms with Gasteiger partial charge in [0, 0.05) is 43.5 Å². The largest absolute Gasteiger partial charge is 0.339 e. The minimum Gasteiger partial charge on any atom is -0.339 e. The van der Waals surface area contributed by atoms with Crippen molar-refractivity contribution in [2.24, 2.45) is 0 Å². The molecule has 0 bridgehead atoms. The van der Waals surface area contributed by atoms with Gasteiger partial charge in [-0.25, -0.2) is 4.39 Å². The summed E-state index contributed by atoms with van der Waals surface area (Å²) in [6, 6.07) is 9.41. The van der Waals surface area contributed by atoms with Crippen LogP contribution in [-0.2, 0) is 24.2 Å². The molecular formula is C19H21FN2OS. The first kappa shape index (κ1) is 15.8. The highest BCUT2D eigenvalue weighted by Crippen LogP contribution is 2.28. The Labute approximate surface area is 145 Å². The summed E-state index contributed by atoms with van der Waals surface area (Å²) in [7, 11) is 0. The van der Waals surface area contributed by atoms with Gasteiger partial charge in [-0.15, -0.1) is 11.3 Å². The summed E-state index contributed by atoms with van der Waals surface area (Å²) in [4.78, 5) is 18.2. The van der Waals surface area contributed by atoms with Gasteiger partial charge in [0.1, 0.15) is 5.82 Å². The summed E-state index contributed by atoms with van der Waals surface area (Å²) in [6.45, 7) is 3.74. The van der Waals surface area contributed by atoms with E-state index in [0.29, 0.717) is 24.4 Å². The third-order valence-electron chi connectivity index (χ3n) is 5.13. The molecule has 0 atom stereocenters. The van der Waals surface area contributed by atoms with Gasteiger partial charge in [-0.05, 0) is 41.5 Å². The Kier molecular flexibility index (Phi) is 4.37. The van der Waals surface area contributed by atoms with Gasteiger partial charge in [0.2, 0.25) is 5.91 Å². The first-order valence-electron chi connectivity index (χ1n) is 8.51. The fourth-order valence-electron chi connectivity index (χ4n) is 3.57. The summed E-state index contributed by atoms with van der Waals surface area (Å²) in [5.74, 6) is -0.0746. The lowest BCUT2D eigenvalue weighted by molar-refractivity contribution is -0.138. The molecule has 0 N–H and O–H groups in total. The summed E-state index contributed by atoms with van der Waals surface area (Å²) in [5, 5.41) is 2.17. The molecule has 0 aliphatic carbocycles. The maximum Gasteiger partial charge on any atom is 0.223 e. The molecule has 4 rings (SSSR count). The van der Waals surface area contributed by atoms with E-state index in [9.17, 15) is 9.18 Å². The van der Waals surface area contributed by atoms with Crippen LogP contribution in [0.1, 0.15) is 22.4 Å². The van der Waals surface area contributed by atoms with Crippen LogP contribution in [-0.4, -0.2) is 41.4 Å². The highest BCUT2D eigenvalue weighted by Gasteiger charge is 2.35. The number of hydrogen-bond donors (Lipinski definition) is 0. The van der Waals surface area contributed by atoms with E-state index < -0.39 is 0 Å². The molecule has 0 unspecified atom stereocenters. The molecule has 2 aliphatic rings. The van der Waals surface area contributed by atoms with Crippen LogP contribution in [0.4, 0.5) is 4.39 Å². The molecule has 3 heterocycles. The first-order valence-corrected chi connectivity index (χ1v) is 9.39. The van der Waals surface area contributed by atoms with Crippen molar-refractivity contribution >= 4 is 17.2 Å². The van der Waals surface area contributed by atoms with Gasteiger partial charge in [0.05, 0.1) is 0 Å². The number of rotatable bonds is 4. The number of carbonyl (C=O) groups excluding carboxylic acids is 1. The molecule has 126 valence electrons. The molecule has 5 heteroatoms. The second-order valence-electron chi connectivity index (χ2n) is 6.63. The van der Waals surface area contributed by atoms with Crippen LogP contribution >= 0.6 is 11.3 Å². The van der Waals surface area contributed by atoms with Gasteiger partial charge in [-0.2, -0.15) is 0 Å². The fourth-order valence-corrected chi connectivity index (χ4v) is 4.46. The summed E-state index contributed by atoms with van der Waals surface area (Å²) in [5.41, 5.74) is 2.08. The average Bonchev–Trinajstić information content (AvgIpc) is 3.00. The van der Waals surface area contributed by atoms with E-state index >= 15 is 0 Å². The van der Waals surface area contributed by atoms with Gasteiger partial charge in [-0.3, -0.25) is 9.69 Å². The predicted molar refractivity (Wildman–Crippen MR) is 93.5 cm³/mol. The fraction of sp³-hybridized carbons (Fsp3) is 0.421. The molecule has 1 saturated heterocycles. The van der Waals surface area contributed by atoms with Crippen molar-refractivity contribution in [3.63, 3.8) is 0 Å². The normalized spacial score (nSPS) is 18.3. The number of benzene rings is 1. The molecule has 2 aliphatic heterocycles. The van der Waals surface area contributed by atoms with Crippen LogP contribution in [0, 0.1) is 5.82 Å². The molecule has 0 saturated carbocycles. The number of halogens is 1. The molecule has 3 nitrogen and oxygen atoms in total. The maximum atomic E-state index is 13.6. The molecule has 0 radical (unpaired) electrons. The Morgan fingerprint density at radius 2 is 2.08 bits per heavy atom. The molecule has 0 spiro atoms. The predicted octanol–water partition coefficient (Wildman–Crippen LogP) is 3.09. The highest BCUT2D eigenvalue weighted by molar-refractivity contribution is 7.10. The minimum atomic E-state index is -0.216. The van der Waals surface area contributed by atoms with Gasteiger partial charge < -0.3 is 4.90 Å². The van der Waals surface area contributed by atoms with Crippen molar-refractivity contribution in [2.45, 2.75) is 31.8 Å². The molecule has 24 heavy (non-hydrogen) atoms. The monoisotopic (exact) mass is 344 g/mol. The van der Waals surface area contributed by atoms with Crippen molar-refractivity contribution in [2.75, 3.05) is 19.6 Å². The number of nitrogens with zero attached hydrogens (tertiary/aromatic N) is 2. The second-order valence-corrected chi connectivity index (χ2v) is 7.63. The average molecular weight is 344 g/mol. The van der Waals surface area contributed by atoms with Crippen LogP contribution in [0.15, 0.2) is 35.7 Å². The SMILES string of the molecule is O=C(CCc1ccccc1F)N1CC(N2CCc3sccc3C2)C1. The van der Waals surface area contributed by atoms with E-state index in [2.05, 4.69) is 16.3 Å². The van der Waals surface area contributed by atoms with E-state index in [1.807, 2.05) is 22.3 Å². The lowest BCUT2D eigenvalue weighted by atomic mass is 10.0. The number of amides is 1. The summed E-state index contributed by atoms with van der Waals surface area (Å²) in [6.07, 6.45) is 2.00. The third kappa shape index (κ3) is 3.10. The van der Waals surface area contributed by atoms with Crippen LogP contribution in [0.3, 0.4) is 0 Å². The van der Waals surface area contributed by atoms with Crippen LogP contribution < -0.4 is 0 Å². The van der Waals surface area contributed by atoms with E-state index in [0.717, 1.165) is 32.6 Å². The lowest BCUT2D eigenvalue weighted by Gasteiger charge is -2.46. The molecule has 1 fully saturated rings. The summed E-state index contributed by atoms with van der Waals surface area (Å²) < 4.78 is 13.6. The Morgan fingerprint density at radius 3 is 2.92 bits per heavy atom. The first-order chi connectivity index (χ1) is 11.7. The highest BCUT2D eigenvalue weighted by atomic mass is 32.1. The second kappa shape index (κ2) is 6.65. The van der Waals surface area contributed by atoms with Gasteiger partial charge >= 0.3 is 0 Å². The van der Waals surface area contributed by atoms with Crippen LogP contribution in [0.5, 0.6) is 0 Å². The quantitative estimate of drug-likeness (QED) is 0.851. The number of thiophene rings is 1. The van der Waals surface area contributed by atoms with Crippen molar-refractivity contribution in [1.82, 2.24) is 9.80 Å². The van der Waals surface area contributed by atoms with Crippen molar-refractivity contribution in [1.29, 1.82) is 0 Å². The van der Waals surface area contributed by atoms with Crippen molar-refractivity contribution in [3.05, 3.63) is 57.5 Å². The topological polar surface area (TPSA) is 23.6 Å². The molecule has 1 aromatic heterocycles. The maximum absolute atomic E-state index is 13.6. The van der Waals surface area contributed by atoms with Crippen LogP contribution in [0.2, 0.25) is 0 Å². The molecular weight excluding hydrogens is 323 g/mol. The van der Waals surface area contributed by atoms with Crippen LogP contribution in [0.25, 0.3) is 0 Å². The van der Waals surface area contributed by atoms with E-state index in [4.69, 9.17) is 0 Å². The van der Waals surface area contributed by atoms with Crippen molar-refractivity contribution in [3.8, 4) is 0 Å². The third-order valence-corrected chi connectivity index (χ3v) is 6.16. The zero-order chi connectivity index (χ0) is 16.5. The molecule has 1 aromatic carbocycles. The number of hydrogen-bond acceptors (Lipinski definition) is 3. The molecule has 1 amide bonds. The Balaban J connectivity index is 1.25. The van der Waals surface area contributed by atoms with E-state index in [1.165, 1.54) is 16.5 Å².